The number of hydrogen-bond donors (Lipinski definition) is 0. The van der Waals surface area contributed by atoms with Crippen LogP contribution in [0.2, 0.25) is 0 Å². The van der Waals surface area contributed by atoms with E-state index in [-0.39, 0.29) is 0 Å². The van der Waals surface area contributed by atoms with Gasteiger partial charge in [0.15, 0.2) is 0 Å². The fraction of sp³-hybridized carbons (Fsp3) is 0.870. The minimum atomic E-state index is -0.699. The monoisotopic (exact) mass is 409 g/mol. The van der Waals surface area contributed by atoms with Gasteiger partial charge in [-0.1, -0.05) is 41.0 Å². The maximum Gasteiger partial charge on any atom is 0.337 e. The molecule has 1 aromatic rings. The maximum atomic E-state index is 13.6. The summed E-state index contributed by atoms with van der Waals surface area (Å²) < 4.78 is 3.98. The molecular formula is C23H43N3O3. The summed E-state index contributed by atoms with van der Waals surface area (Å²) in [6, 6.07) is 0. The minimum absolute atomic E-state index is 0.303. The molecule has 0 unspecified atom stereocenters. The Balaban J connectivity index is 4.13. The predicted molar refractivity (Wildman–Crippen MR) is 121 cm³/mol. The molecule has 0 aromatic carbocycles. The Kier molecular flexibility index (Phi) is 7.59. The van der Waals surface area contributed by atoms with Crippen molar-refractivity contribution >= 4 is 0 Å². The van der Waals surface area contributed by atoms with Crippen LogP contribution in [0.1, 0.15) is 102 Å². The molecule has 0 saturated heterocycles. The molecule has 0 spiro atoms. The number of rotatable bonds is 9. The Labute approximate surface area is 176 Å². The zero-order valence-corrected chi connectivity index (χ0v) is 20.5. The molecule has 0 aliphatic heterocycles. The van der Waals surface area contributed by atoms with E-state index in [2.05, 4.69) is 27.7 Å². The van der Waals surface area contributed by atoms with Crippen molar-refractivity contribution in [1.29, 1.82) is 0 Å². The highest BCUT2D eigenvalue weighted by Crippen LogP contribution is 2.25. The topological polar surface area (TPSA) is 66.0 Å². The van der Waals surface area contributed by atoms with E-state index in [1.54, 1.807) is 0 Å². The van der Waals surface area contributed by atoms with Crippen LogP contribution in [0, 0.1) is 11.8 Å². The first-order valence-electron chi connectivity index (χ1n) is 11.0. The van der Waals surface area contributed by atoms with Gasteiger partial charge in [-0.15, -0.1) is 0 Å². The van der Waals surface area contributed by atoms with Crippen molar-refractivity contribution < 1.29 is 0 Å². The van der Waals surface area contributed by atoms with Crippen molar-refractivity contribution in [2.45, 2.75) is 118 Å². The number of aromatic nitrogens is 3. The third-order valence-corrected chi connectivity index (χ3v) is 5.64. The molecule has 0 fully saturated rings. The van der Waals surface area contributed by atoms with Crippen molar-refractivity contribution in [2.75, 3.05) is 0 Å². The van der Waals surface area contributed by atoms with Gasteiger partial charge in [-0.05, 0) is 72.6 Å². The molecule has 6 nitrogen and oxygen atoms in total. The lowest BCUT2D eigenvalue weighted by Gasteiger charge is -2.36. The fourth-order valence-electron chi connectivity index (χ4n) is 5.00. The van der Waals surface area contributed by atoms with Crippen LogP contribution in [0.25, 0.3) is 0 Å². The fourth-order valence-corrected chi connectivity index (χ4v) is 5.00. The van der Waals surface area contributed by atoms with E-state index in [1.165, 1.54) is 13.7 Å². The molecular weight excluding hydrogens is 366 g/mol. The molecule has 6 heteroatoms. The van der Waals surface area contributed by atoms with E-state index in [9.17, 15) is 14.4 Å². The van der Waals surface area contributed by atoms with Crippen LogP contribution >= 0.6 is 0 Å². The summed E-state index contributed by atoms with van der Waals surface area (Å²) in [6.07, 6.45) is 2.84. The largest absolute Gasteiger partial charge is 0.337 e. The molecule has 0 N–H and O–H groups in total. The first-order chi connectivity index (χ1) is 13.0. The van der Waals surface area contributed by atoms with E-state index < -0.39 is 33.7 Å². The highest BCUT2D eigenvalue weighted by atomic mass is 16.2. The lowest BCUT2D eigenvalue weighted by atomic mass is 9.91. The van der Waals surface area contributed by atoms with E-state index in [0.29, 0.717) is 31.1 Å². The summed E-state index contributed by atoms with van der Waals surface area (Å²) in [5.74, 6) is 0.606. The van der Waals surface area contributed by atoms with Crippen molar-refractivity contribution in [2.24, 2.45) is 11.8 Å². The summed E-state index contributed by atoms with van der Waals surface area (Å²) in [5, 5.41) is 0. The van der Waals surface area contributed by atoms with Crippen LogP contribution in [0.4, 0.5) is 0 Å². The first kappa shape index (κ1) is 25.4. The van der Waals surface area contributed by atoms with Gasteiger partial charge in [0.25, 0.3) is 0 Å². The summed E-state index contributed by atoms with van der Waals surface area (Å²) in [5.41, 5.74) is -3.57. The van der Waals surface area contributed by atoms with Crippen molar-refractivity contribution in [3.63, 3.8) is 0 Å². The standard InChI is InChI=1S/C23H43N3O3/c1-12-13-21(6,7)24-18(27)25(22(8,9)14-16(2)3)20(29)26(19(24)28)23(10,11)15-17(4)5/h16-17H,12-15H2,1-11H3. The van der Waals surface area contributed by atoms with Gasteiger partial charge in [0.2, 0.25) is 0 Å². The third-order valence-electron chi connectivity index (χ3n) is 5.64. The highest BCUT2D eigenvalue weighted by molar-refractivity contribution is 4.96. The molecule has 0 aliphatic carbocycles. The predicted octanol–water partition coefficient (Wildman–Crippen LogP) is 4.27. The number of hydrogen-bond acceptors (Lipinski definition) is 3. The van der Waals surface area contributed by atoms with E-state index in [0.717, 1.165) is 6.42 Å². The van der Waals surface area contributed by atoms with Gasteiger partial charge in [-0.25, -0.2) is 28.1 Å². The van der Waals surface area contributed by atoms with Gasteiger partial charge in [0.05, 0.1) is 0 Å². The van der Waals surface area contributed by atoms with Crippen molar-refractivity contribution in [3.8, 4) is 0 Å². The normalized spacial score (nSPS) is 13.6. The van der Waals surface area contributed by atoms with Crippen molar-refractivity contribution in [1.82, 2.24) is 13.7 Å². The minimum Gasteiger partial charge on any atom is -0.247 e. The second-order valence-corrected chi connectivity index (χ2v) is 11.2. The van der Waals surface area contributed by atoms with Crippen LogP contribution in [-0.2, 0) is 16.6 Å². The molecule has 1 rings (SSSR count). The zero-order chi connectivity index (χ0) is 22.9. The molecule has 0 amide bonds. The Morgan fingerprint density at radius 2 is 0.897 bits per heavy atom. The second kappa shape index (κ2) is 8.65. The van der Waals surface area contributed by atoms with E-state index in [4.69, 9.17) is 0 Å². The Morgan fingerprint density at radius 3 is 1.14 bits per heavy atom. The van der Waals surface area contributed by atoms with Crippen LogP contribution < -0.4 is 17.1 Å². The Morgan fingerprint density at radius 1 is 0.621 bits per heavy atom. The van der Waals surface area contributed by atoms with Crippen LogP contribution in [0.3, 0.4) is 0 Å². The average Bonchev–Trinajstić information content (AvgIpc) is 2.41. The molecule has 29 heavy (non-hydrogen) atoms. The number of nitrogens with zero attached hydrogens (tertiary/aromatic N) is 3. The SMILES string of the molecule is CCCC(C)(C)n1c(=O)n(C(C)(C)CC(C)C)c(=O)n(C(C)(C)CC(C)C)c1=O. The molecule has 0 aliphatic rings. The van der Waals surface area contributed by atoms with Crippen LogP contribution in [-0.4, -0.2) is 13.7 Å². The lowest BCUT2D eigenvalue weighted by Crippen LogP contribution is -2.65. The zero-order valence-electron chi connectivity index (χ0n) is 20.5. The third kappa shape index (κ3) is 5.32. The second-order valence-electron chi connectivity index (χ2n) is 11.2. The van der Waals surface area contributed by atoms with E-state index >= 15 is 0 Å². The van der Waals surface area contributed by atoms with Gasteiger partial charge in [0.1, 0.15) is 0 Å². The lowest BCUT2D eigenvalue weighted by molar-refractivity contribution is 0.180. The molecule has 1 heterocycles. The molecule has 0 bridgehead atoms. The van der Waals surface area contributed by atoms with Gasteiger partial charge in [-0.3, -0.25) is 0 Å². The van der Waals surface area contributed by atoms with Gasteiger partial charge in [0, 0.05) is 16.6 Å². The molecule has 0 atom stereocenters. The van der Waals surface area contributed by atoms with Crippen molar-refractivity contribution in [3.05, 3.63) is 31.5 Å². The van der Waals surface area contributed by atoms with E-state index in [1.807, 2.05) is 48.5 Å². The van der Waals surface area contributed by atoms with Crippen LogP contribution in [0.15, 0.2) is 14.4 Å². The Bertz CT molecular complexity index is 820. The average molecular weight is 410 g/mol. The summed E-state index contributed by atoms with van der Waals surface area (Å²) in [6.45, 7) is 21.8. The molecule has 168 valence electrons. The molecule has 0 saturated carbocycles. The van der Waals surface area contributed by atoms with Gasteiger partial charge < -0.3 is 0 Å². The van der Waals surface area contributed by atoms with Gasteiger partial charge >= 0.3 is 17.1 Å². The maximum absolute atomic E-state index is 13.6. The summed E-state index contributed by atoms with van der Waals surface area (Å²) >= 11 is 0. The quantitative estimate of drug-likeness (QED) is 0.612. The van der Waals surface area contributed by atoms with Crippen LogP contribution in [0.5, 0.6) is 0 Å². The highest BCUT2D eigenvalue weighted by Gasteiger charge is 2.36. The Hall–Kier alpha value is -1.59. The molecule has 1 aromatic heterocycles. The smallest absolute Gasteiger partial charge is 0.247 e. The van der Waals surface area contributed by atoms with Gasteiger partial charge in [-0.2, -0.15) is 0 Å². The first-order valence-corrected chi connectivity index (χ1v) is 11.0. The summed E-state index contributed by atoms with van der Waals surface area (Å²) in [7, 11) is 0. The molecule has 0 radical (unpaired) electrons. The summed E-state index contributed by atoms with van der Waals surface area (Å²) in [4.78, 5) is 40.8.